The number of hydrogen-bond acceptors (Lipinski definition) is 12. The first-order valence-corrected chi connectivity index (χ1v) is 20.5. The Morgan fingerprint density at radius 3 is 2.05 bits per heavy atom. The summed E-state index contributed by atoms with van der Waals surface area (Å²) in [7, 11) is 0. The van der Waals surface area contributed by atoms with Crippen LogP contribution in [0.25, 0.3) is 23.0 Å². The fraction of sp³-hybridized carbons (Fsp3) is 0.204. The average Bonchev–Trinajstić information content (AvgIpc) is 4.05. The molecule has 4 aromatic heterocycles. The molecule has 0 fully saturated rings. The standard InChI is InChI=1S/C24H19N5O.C21H16N4O2.C4H10N2O/c1-4-16-10-11-19-18(12-16)21(17-8-6-5-7-9-17)25-13-20-22(26-14-29(19)20)24-27-23(15(2)3)28-30-24;1-3-14-8-9-17-15(11-14)19(16-7-5-6-10-22-16)23-12-18-20(21(26)27-4-2)24-13-25(17)18;1-3(2)4(5)6-7/h1,5-12,14-15H,13H2,2-3H3;1,5-11,13H,4,12H2,2H3;3,7H,1-2H3,(H2,5,6). The van der Waals surface area contributed by atoms with E-state index in [4.69, 9.17) is 43.0 Å². The fourth-order valence-electron chi connectivity index (χ4n) is 6.79. The van der Waals surface area contributed by atoms with E-state index < -0.39 is 5.97 Å². The van der Waals surface area contributed by atoms with Crippen molar-refractivity contribution in [1.82, 2.24) is 34.2 Å². The van der Waals surface area contributed by atoms with Gasteiger partial charge >= 0.3 is 5.97 Å². The van der Waals surface area contributed by atoms with E-state index in [1.807, 2.05) is 110 Å². The van der Waals surface area contributed by atoms with Gasteiger partial charge < -0.3 is 20.2 Å². The molecule has 3 aromatic carbocycles. The van der Waals surface area contributed by atoms with Crippen molar-refractivity contribution in [2.24, 2.45) is 26.8 Å². The van der Waals surface area contributed by atoms with E-state index in [0.29, 0.717) is 29.6 Å². The van der Waals surface area contributed by atoms with Crippen LogP contribution < -0.4 is 5.73 Å². The minimum atomic E-state index is -0.454. The Morgan fingerprint density at radius 2 is 1.47 bits per heavy atom. The quantitative estimate of drug-likeness (QED) is 0.0404. The number of fused-ring (bicyclic) bond motifs is 6. The number of benzene rings is 3. The van der Waals surface area contributed by atoms with Gasteiger partial charge in [-0.25, -0.2) is 14.8 Å². The van der Waals surface area contributed by atoms with Crippen molar-refractivity contribution in [3.8, 4) is 47.6 Å². The molecule has 0 unspecified atom stereocenters. The molecule has 0 saturated heterocycles. The highest BCUT2D eigenvalue weighted by Gasteiger charge is 2.27. The zero-order valence-corrected chi connectivity index (χ0v) is 36.0. The van der Waals surface area contributed by atoms with Crippen LogP contribution in [0, 0.1) is 30.6 Å². The Bertz CT molecular complexity index is 2980. The number of carbonyl (C=O) groups is 1. The Hall–Kier alpha value is -8.43. The number of amidine groups is 1. The largest absolute Gasteiger partial charge is 0.461 e. The van der Waals surface area contributed by atoms with Crippen LogP contribution in [0.3, 0.4) is 0 Å². The molecule has 64 heavy (non-hydrogen) atoms. The van der Waals surface area contributed by atoms with E-state index in [1.54, 1.807) is 25.8 Å². The molecule has 0 aliphatic carbocycles. The first kappa shape index (κ1) is 43.7. The molecular weight excluding hydrogens is 807 g/mol. The second-order valence-electron chi connectivity index (χ2n) is 15.0. The number of aliphatic imine (C=N–C) groups is 2. The number of hydrogen-bond donors (Lipinski definition) is 2. The van der Waals surface area contributed by atoms with Gasteiger partial charge in [0.15, 0.2) is 17.2 Å². The highest BCUT2D eigenvalue weighted by molar-refractivity contribution is 6.16. The molecule has 0 bridgehead atoms. The number of imidazole rings is 2. The molecule has 15 heteroatoms. The molecule has 0 amide bonds. The Kier molecular flexibility index (Phi) is 13.3. The summed E-state index contributed by atoms with van der Waals surface area (Å²) < 4.78 is 14.5. The van der Waals surface area contributed by atoms with Crippen molar-refractivity contribution < 1.29 is 19.3 Å². The van der Waals surface area contributed by atoms with Crippen molar-refractivity contribution in [3.05, 3.63) is 160 Å². The third-order valence-corrected chi connectivity index (χ3v) is 10.2. The number of terminal acetylenes is 2. The van der Waals surface area contributed by atoms with Crippen molar-refractivity contribution in [1.29, 1.82) is 0 Å². The second kappa shape index (κ2) is 19.5. The number of carbonyl (C=O) groups excluding carboxylic acids is 1. The summed E-state index contributed by atoms with van der Waals surface area (Å²) in [5.41, 5.74) is 16.2. The van der Waals surface area contributed by atoms with Crippen LogP contribution in [0.2, 0.25) is 0 Å². The minimum Gasteiger partial charge on any atom is -0.461 e. The maximum Gasteiger partial charge on any atom is 0.358 e. The van der Waals surface area contributed by atoms with E-state index in [1.165, 1.54) is 0 Å². The van der Waals surface area contributed by atoms with Gasteiger partial charge in [-0.2, -0.15) is 4.98 Å². The second-order valence-corrected chi connectivity index (χ2v) is 15.0. The maximum absolute atomic E-state index is 12.3. The molecule has 2 aliphatic heterocycles. The van der Waals surface area contributed by atoms with Crippen LogP contribution in [0.4, 0.5) is 0 Å². The SMILES string of the molecule is C#Cc1ccc2c(c1)C(c1ccccc1)=NCc1c(-c3nc(C(C)C)no3)ncn1-2.C#Cc1ccc2c(c1)C(c1ccccn1)=NCc1c(C(=O)OCC)ncn1-2.CC(C)/C(N)=N\O. The van der Waals surface area contributed by atoms with Crippen molar-refractivity contribution in [2.75, 3.05) is 6.61 Å². The third-order valence-electron chi connectivity index (χ3n) is 10.2. The Morgan fingerprint density at radius 1 is 0.844 bits per heavy atom. The summed E-state index contributed by atoms with van der Waals surface area (Å²) >= 11 is 0. The van der Waals surface area contributed by atoms with Gasteiger partial charge in [0.2, 0.25) is 0 Å². The smallest absolute Gasteiger partial charge is 0.358 e. The van der Waals surface area contributed by atoms with Gasteiger partial charge in [-0.15, -0.1) is 12.8 Å². The molecule has 0 spiro atoms. The number of oxime groups is 1. The lowest BCUT2D eigenvalue weighted by Crippen LogP contribution is -2.18. The number of ether oxygens (including phenoxy) is 1. The summed E-state index contributed by atoms with van der Waals surface area (Å²) in [5, 5.41) is 14.8. The molecule has 0 radical (unpaired) electrons. The van der Waals surface area contributed by atoms with Crippen LogP contribution in [0.15, 0.2) is 123 Å². The minimum absolute atomic E-state index is 0.144. The van der Waals surface area contributed by atoms with E-state index in [9.17, 15) is 4.79 Å². The normalized spacial score (nSPS) is 12.5. The molecule has 3 N–H and O–H groups in total. The van der Waals surface area contributed by atoms with Gasteiger partial charge in [-0.1, -0.05) is 86.2 Å². The van der Waals surface area contributed by atoms with Crippen molar-refractivity contribution in [3.63, 3.8) is 0 Å². The van der Waals surface area contributed by atoms with Gasteiger partial charge in [0.25, 0.3) is 5.89 Å². The molecule has 0 atom stereocenters. The summed E-state index contributed by atoms with van der Waals surface area (Å²) in [5.74, 6) is 6.60. The maximum atomic E-state index is 12.3. The number of esters is 1. The highest BCUT2D eigenvalue weighted by atomic mass is 16.5. The summed E-state index contributed by atoms with van der Waals surface area (Å²) in [4.78, 5) is 39.8. The number of aromatic nitrogens is 7. The van der Waals surface area contributed by atoms with Gasteiger partial charge in [0.05, 0.1) is 59.6 Å². The molecule has 6 heterocycles. The average molecular weight is 852 g/mol. The zero-order chi connectivity index (χ0) is 45.3. The van der Waals surface area contributed by atoms with Crippen molar-refractivity contribution in [2.45, 2.75) is 53.6 Å². The van der Waals surface area contributed by atoms with Gasteiger partial charge in [0.1, 0.15) is 18.5 Å². The molecule has 2 aliphatic rings. The predicted octanol–water partition coefficient (Wildman–Crippen LogP) is 7.54. The van der Waals surface area contributed by atoms with Crippen LogP contribution in [0.1, 0.15) is 102 Å². The summed E-state index contributed by atoms with van der Waals surface area (Å²) in [6, 6.07) is 27.4. The first-order chi connectivity index (χ1) is 31.1. The first-order valence-electron chi connectivity index (χ1n) is 20.5. The van der Waals surface area contributed by atoms with Crippen LogP contribution >= 0.6 is 0 Å². The molecule has 0 saturated carbocycles. The number of nitrogens with zero attached hydrogens (tertiary/aromatic N) is 10. The van der Waals surface area contributed by atoms with Gasteiger partial charge in [-0.3, -0.25) is 24.1 Å². The molecule has 15 nitrogen and oxygen atoms in total. The highest BCUT2D eigenvalue weighted by Crippen LogP contribution is 2.32. The fourth-order valence-corrected chi connectivity index (χ4v) is 6.79. The Balaban J connectivity index is 0.000000168. The monoisotopic (exact) mass is 851 g/mol. The van der Waals surface area contributed by atoms with E-state index in [2.05, 4.69) is 54.2 Å². The van der Waals surface area contributed by atoms with Crippen LogP contribution in [-0.2, 0) is 17.8 Å². The number of pyridine rings is 1. The molecular formula is C49H45N11O4. The predicted molar refractivity (Wildman–Crippen MR) is 244 cm³/mol. The lowest BCUT2D eigenvalue weighted by atomic mass is 9.98. The van der Waals surface area contributed by atoms with E-state index >= 15 is 0 Å². The number of nitrogens with two attached hydrogens (primary N) is 1. The van der Waals surface area contributed by atoms with Crippen LogP contribution in [-0.4, -0.2) is 69.3 Å². The Labute approximate surface area is 370 Å². The summed E-state index contributed by atoms with van der Waals surface area (Å²) in [6.07, 6.45) is 16.4. The van der Waals surface area contributed by atoms with E-state index in [-0.39, 0.29) is 36.5 Å². The molecule has 7 aromatic rings. The lowest BCUT2D eigenvalue weighted by molar-refractivity contribution is 0.0518. The van der Waals surface area contributed by atoms with Gasteiger partial charge in [0, 0.05) is 45.8 Å². The van der Waals surface area contributed by atoms with Crippen LogP contribution in [0.5, 0.6) is 0 Å². The zero-order valence-electron chi connectivity index (χ0n) is 36.0. The summed E-state index contributed by atoms with van der Waals surface area (Å²) in [6.45, 7) is 10.5. The van der Waals surface area contributed by atoms with Crippen molar-refractivity contribution >= 4 is 23.2 Å². The lowest BCUT2D eigenvalue weighted by Gasteiger charge is -2.12. The molecule has 9 rings (SSSR count). The number of rotatable bonds is 7. The third kappa shape index (κ3) is 9.10. The molecule has 320 valence electrons. The van der Waals surface area contributed by atoms with Gasteiger partial charge in [-0.05, 0) is 55.5 Å². The van der Waals surface area contributed by atoms with E-state index in [0.717, 1.165) is 62.0 Å². The topological polar surface area (TPSA) is 197 Å².